The molecule has 0 radical (unpaired) electrons. The molecular formula is C24H21F2N3O3. The summed E-state index contributed by atoms with van der Waals surface area (Å²) in [5, 5.41) is 0. The summed E-state index contributed by atoms with van der Waals surface area (Å²) in [4.78, 5) is 21.3. The topological polar surface area (TPSA) is 62.7 Å². The molecule has 1 amide bonds. The van der Waals surface area contributed by atoms with Crippen molar-refractivity contribution in [3.63, 3.8) is 0 Å². The molecular weight excluding hydrogens is 416 g/mol. The van der Waals surface area contributed by atoms with Gasteiger partial charge in [0.2, 0.25) is 5.91 Å². The summed E-state index contributed by atoms with van der Waals surface area (Å²) in [7, 11) is 0. The molecule has 6 nitrogen and oxygen atoms in total. The summed E-state index contributed by atoms with van der Waals surface area (Å²) >= 11 is 0. The number of rotatable bonds is 5. The molecule has 0 aliphatic carbocycles. The minimum Gasteiger partial charge on any atom is -0.467 e. The van der Waals surface area contributed by atoms with Crippen LogP contribution in [0.5, 0.6) is 0 Å². The summed E-state index contributed by atoms with van der Waals surface area (Å²) in [5.41, 5.74) is 1.54. The van der Waals surface area contributed by atoms with Crippen molar-refractivity contribution in [3.8, 4) is 0 Å². The number of hydrogen-bond acceptors (Lipinski definition) is 5. The van der Waals surface area contributed by atoms with Crippen molar-refractivity contribution in [3.05, 3.63) is 78.3 Å². The van der Waals surface area contributed by atoms with Crippen molar-refractivity contribution in [2.24, 2.45) is 5.92 Å². The van der Waals surface area contributed by atoms with Crippen molar-refractivity contribution >= 4 is 28.7 Å². The molecule has 0 spiro atoms. The third kappa shape index (κ3) is 3.95. The van der Waals surface area contributed by atoms with E-state index in [9.17, 15) is 13.6 Å². The molecule has 2 aromatic heterocycles. The van der Waals surface area contributed by atoms with Crippen molar-refractivity contribution in [1.82, 2.24) is 4.98 Å². The van der Waals surface area contributed by atoms with Gasteiger partial charge in [0.1, 0.15) is 22.9 Å². The first-order valence-corrected chi connectivity index (χ1v) is 10.5. The van der Waals surface area contributed by atoms with E-state index in [2.05, 4.69) is 4.98 Å². The van der Waals surface area contributed by atoms with Crippen molar-refractivity contribution in [2.75, 3.05) is 22.9 Å². The predicted octanol–water partition coefficient (Wildman–Crippen LogP) is 5.15. The van der Waals surface area contributed by atoms with E-state index in [1.54, 1.807) is 12.1 Å². The highest BCUT2D eigenvalue weighted by atomic mass is 19.1. The fourth-order valence-electron chi connectivity index (χ4n) is 4.07. The number of carbonyl (C=O) groups excluding carboxylic acids is 1. The second-order valence-corrected chi connectivity index (χ2v) is 7.82. The minimum atomic E-state index is -0.784. The average molecular weight is 437 g/mol. The van der Waals surface area contributed by atoms with Gasteiger partial charge in [-0.15, -0.1) is 0 Å². The molecule has 0 N–H and O–H groups in total. The molecule has 1 fully saturated rings. The van der Waals surface area contributed by atoms with E-state index in [0.717, 1.165) is 23.2 Å². The van der Waals surface area contributed by atoms with Crippen molar-refractivity contribution < 1.29 is 22.4 Å². The molecule has 3 heterocycles. The minimum absolute atomic E-state index is 0.0363. The van der Waals surface area contributed by atoms with Gasteiger partial charge in [-0.3, -0.25) is 4.79 Å². The Kier molecular flexibility index (Phi) is 5.34. The second kappa shape index (κ2) is 8.45. The third-order valence-electron chi connectivity index (χ3n) is 5.76. The fourth-order valence-corrected chi connectivity index (χ4v) is 4.07. The van der Waals surface area contributed by atoms with Crippen LogP contribution in [-0.2, 0) is 11.3 Å². The number of fused-ring (bicyclic) bond motifs is 1. The van der Waals surface area contributed by atoms with Crippen LogP contribution in [0.2, 0.25) is 0 Å². The van der Waals surface area contributed by atoms with Gasteiger partial charge in [-0.25, -0.2) is 8.78 Å². The number of aromatic nitrogens is 1. The first-order chi connectivity index (χ1) is 15.6. The van der Waals surface area contributed by atoms with E-state index in [1.165, 1.54) is 17.2 Å². The Morgan fingerprint density at radius 1 is 1.09 bits per heavy atom. The normalized spacial score (nSPS) is 14.8. The van der Waals surface area contributed by atoms with Crippen LogP contribution in [-0.4, -0.2) is 24.0 Å². The maximum atomic E-state index is 14.5. The molecule has 32 heavy (non-hydrogen) atoms. The first-order valence-electron chi connectivity index (χ1n) is 10.5. The number of halogens is 2. The number of piperidine rings is 1. The third-order valence-corrected chi connectivity index (χ3v) is 5.76. The number of amides is 1. The van der Waals surface area contributed by atoms with Crippen LogP contribution < -0.4 is 9.80 Å². The number of nitrogens with zero attached hydrogens (tertiary/aromatic N) is 3. The van der Waals surface area contributed by atoms with Gasteiger partial charge in [-0.1, -0.05) is 12.1 Å². The summed E-state index contributed by atoms with van der Waals surface area (Å²) in [6.45, 7) is 1.24. The number of furan rings is 1. The Labute approximate surface area is 183 Å². The van der Waals surface area contributed by atoms with Gasteiger partial charge in [-0.05, 0) is 49.2 Å². The lowest BCUT2D eigenvalue weighted by molar-refractivity contribution is -0.123. The van der Waals surface area contributed by atoms with E-state index < -0.39 is 11.6 Å². The predicted molar refractivity (Wildman–Crippen MR) is 115 cm³/mol. The zero-order valence-electron chi connectivity index (χ0n) is 17.2. The maximum Gasteiger partial charge on any atom is 0.298 e. The first kappa shape index (κ1) is 20.2. The quantitative estimate of drug-likeness (QED) is 0.432. The van der Waals surface area contributed by atoms with Crippen molar-refractivity contribution in [1.29, 1.82) is 0 Å². The molecule has 0 bridgehead atoms. The zero-order chi connectivity index (χ0) is 22.1. The lowest BCUT2D eigenvalue weighted by Crippen LogP contribution is -2.43. The number of carbonyl (C=O) groups is 1. The molecule has 4 aromatic rings. The Hall–Kier alpha value is -3.68. The SMILES string of the molecule is O=C(C1CCN(c2nc3ccccc3o2)CC1)N(Cc1ccco1)c1ccc(F)cc1F. The highest BCUT2D eigenvalue weighted by Crippen LogP contribution is 2.30. The molecule has 8 heteroatoms. The fraction of sp³-hybridized carbons (Fsp3) is 0.250. The number of para-hydroxylation sites is 2. The van der Waals surface area contributed by atoms with Gasteiger partial charge in [0.25, 0.3) is 6.01 Å². The smallest absolute Gasteiger partial charge is 0.298 e. The zero-order valence-corrected chi connectivity index (χ0v) is 17.2. The summed E-state index contributed by atoms with van der Waals surface area (Å²) < 4.78 is 39.2. The monoisotopic (exact) mass is 437 g/mol. The Morgan fingerprint density at radius 2 is 1.91 bits per heavy atom. The van der Waals surface area contributed by atoms with Gasteiger partial charge < -0.3 is 18.6 Å². The summed E-state index contributed by atoms with van der Waals surface area (Å²) in [6.07, 6.45) is 2.63. The highest BCUT2D eigenvalue weighted by Gasteiger charge is 2.32. The van der Waals surface area contributed by atoms with E-state index in [-0.39, 0.29) is 24.1 Å². The van der Waals surface area contributed by atoms with Crippen LogP contribution in [0.3, 0.4) is 0 Å². The molecule has 1 aliphatic rings. The molecule has 2 aromatic carbocycles. The Morgan fingerprint density at radius 3 is 2.62 bits per heavy atom. The second-order valence-electron chi connectivity index (χ2n) is 7.82. The lowest BCUT2D eigenvalue weighted by Gasteiger charge is -2.33. The average Bonchev–Trinajstić information content (AvgIpc) is 3.47. The van der Waals surface area contributed by atoms with Crippen LogP contribution in [0.25, 0.3) is 11.1 Å². The van der Waals surface area contributed by atoms with Crippen LogP contribution in [0.4, 0.5) is 20.5 Å². The van der Waals surface area contributed by atoms with Gasteiger partial charge >= 0.3 is 0 Å². The van der Waals surface area contributed by atoms with Crippen LogP contribution >= 0.6 is 0 Å². The molecule has 0 saturated carbocycles. The number of anilines is 2. The standard InChI is InChI=1S/C24H21F2N3O3/c25-17-7-8-21(19(26)14-17)29(15-18-4-3-13-31-18)23(30)16-9-11-28(12-10-16)24-27-20-5-1-2-6-22(20)32-24/h1-8,13-14,16H,9-12,15H2. The van der Waals surface area contributed by atoms with E-state index in [0.29, 0.717) is 37.7 Å². The van der Waals surface area contributed by atoms with Crippen molar-refractivity contribution in [2.45, 2.75) is 19.4 Å². The van der Waals surface area contributed by atoms with Crippen LogP contribution in [0.1, 0.15) is 18.6 Å². The highest BCUT2D eigenvalue weighted by molar-refractivity contribution is 5.95. The number of hydrogen-bond donors (Lipinski definition) is 0. The van der Waals surface area contributed by atoms with Crippen LogP contribution in [0, 0.1) is 17.6 Å². The molecule has 0 atom stereocenters. The Bertz CT molecular complexity index is 1200. The van der Waals surface area contributed by atoms with Gasteiger partial charge in [0, 0.05) is 25.1 Å². The Balaban J connectivity index is 1.33. The van der Waals surface area contributed by atoms with Gasteiger partial charge in [0.15, 0.2) is 5.58 Å². The molecule has 1 saturated heterocycles. The molecule has 1 aliphatic heterocycles. The summed E-state index contributed by atoms with van der Waals surface area (Å²) in [5.74, 6) is -1.48. The molecule has 164 valence electrons. The van der Waals surface area contributed by atoms with Gasteiger partial charge in [-0.2, -0.15) is 4.98 Å². The summed E-state index contributed by atoms with van der Waals surface area (Å²) in [6, 6.07) is 14.7. The van der Waals surface area contributed by atoms with E-state index >= 15 is 0 Å². The lowest BCUT2D eigenvalue weighted by atomic mass is 9.95. The molecule has 5 rings (SSSR count). The largest absolute Gasteiger partial charge is 0.467 e. The number of benzene rings is 2. The van der Waals surface area contributed by atoms with Crippen LogP contribution in [0.15, 0.2) is 69.7 Å². The number of oxazole rings is 1. The molecule has 0 unspecified atom stereocenters. The maximum absolute atomic E-state index is 14.5. The van der Waals surface area contributed by atoms with E-state index in [4.69, 9.17) is 8.83 Å². The van der Waals surface area contributed by atoms with E-state index in [1.807, 2.05) is 29.2 Å². The van der Waals surface area contributed by atoms with Gasteiger partial charge in [0.05, 0.1) is 18.5 Å².